The van der Waals surface area contributed by atoms with Crippen LogP contribution in [0.15, 0.2) is 36.5 Å². The number of phenols is 1. The Morgan fingerprint density at radius 1 is 1.26 bits per heavy atom. The summed E-state index contributed by atoms with van der Waals surface area (Å²) in [6.45, 7) is 1.99. The molecule has 0 fully saturated rings. The van der Waals surface area contributed by atoms with Crippen molar-refractivity contribution in [1.29, 1.82) is 0 Å². The van der Waals surface area contributed by atoms with E-state index in [0.29, 0.717) is 22.1 Å². The Balaban J connectivity index is 2.30. The summed E-state index contributed by atoms with van der Waals surface area (Å²) in [7, 11) is 0. The van der Waals surface area contributed by atoms with E-state index in [9.17, 15) is 5.11 Å². The second-order valence-corrected chi connectivity index (χ2v) is 4.88. The lowest BCUT2D eigenvalue weighted by Gasteiger charge is -2.03. The van der Waals surface area contributed by atoms with Crippen molar-refractivity contribution in [1.82, 2.24) is 9.38 Å². The first kappa shape index (κ1) is 11.9. The van der Waals surface area contributed by atoms with E-state index in [1.807, 2.05) is 25.3 Å². The second-order valence-electron chi connectivity index (χ2n) is 4.44. The number of nitrogens with two attached hydrogens (primary N) is 1. The molecule has 0 aliphatic carbocycles. The molecule has 2 aromatic heterocycles. The van der Waals surface area contributed by atoms with Gasteiger partial charge in [-0.05, 0) is 42.8 Å². The van der Waals surface area contributed by atoms with Crippen LogP contribution in [0.2, 0.25) is 5.02 Å². The minimum absolute atomic E-state index is 0.108. The number of nitrogens with zero attached hydrogens (tertiary/aromatic N) is 2. The molecule has 0 aliphatic heterocycles. The largest absolute Gasteiger partial charge is 0.507 e. The number of anilines is 1. The van der Waals surface area contributed by atoms with Crippen molar-refractivity contribution < 1.29 is 5.11 Å². The lowest BCUT2D eigenvalue weighted by atomic mass is 10.1. The number of aromatic hydroxyl groups is 1. The predicted octanol–water partition coefficient (Wildman–Crippen LogP) is 3.25. The van der Waals surface area contributed by atoms with Gasteiger partial charge >= 0.3 is 0 Å². The minimum Gasteiger partial charge on any atom is -0.507 e. The zero-order valence-electron chi connectivity index (χ0n) is 10.3. The van der Waals surface area contributed by atoms with Gasteiger partial charge in [0.25, 0.3) is 0 Å². The van der Waals surface area contributed by atoms with E-state index < -0.39 is 0 Å². The van der Waals surface area contributed by atoms with Crippen LogP contribution < -0.4 is 5.73 Å². The van der Waals surface area contributed by atoms with Gasteiger partial charge in [0.2, 0.25) is 0 Å². The molecule has 5 heteroatoms. The summed E-state index contributed by atoms with van der Waals surface area (Å²) in [4.78, 5) is 4.46. The molecule has 0 saturated heterocycles. The molecule has 0 aliphatic rings. The van der Waals surface area contributed by atoms with Gasteiger partial charge in [-0.3, -0.25) is 4.40 Å². The first-order valence-electron chi connectivity index (χ1n) is 5.79. The van der Waals surface area contributed by atoms with Crippen molar-refractivity contribution in [2.45, 2.75) is 6.92 Å². The molecular weight excluding hydrogens is 262 g/mol. The third-order valence-corrected chi connectivity index (χ3v) is 3.27. The molecule has 0 bridgehead atoms. The van der Waals surface area contributed by atoms with E-state index in [1.165, 1.54) is 6.07 Å². The quantitative estimate of drug-likeness (QED) is 0.715. The Morgan fingerprint density at radius 2 is 2.05 bits per heavy atom. The molecular formula is C14H12ClN3O. The number of fused-ring (bicyclic) bond motifs is 1. The Morgan fingerprint density at radius 3 is 2.84 bits per heavy atom. The summed E-state index contributed by atoms with van der Waals surface area (Å²) in [6.07, 6.45) is 1.86. The van der Waals surface area contributed by atoms with Gasteiger partial charge < -0.3 is 10.8 Å². The molecule has 3 rings (SSSR count). The monoisotopic (exact) mass is 273 g/mol. The Bertz CT molecular complexity index is 780. The summed E-state index contributed by atoms with van der Waals surface area (Å²) < 4.78 is 1.78. The molecule has 0 radical (unpaired) electrons. The molecule has 1 aromatic carbocycles. The average Bonchev–Trinajstić information content (AvgIpc) is 2.69. The first-order valence-corrected chi connectivity index (χ1v) is 6.17. The number of hydrogen-bond acceptors (Lipinski definition) is 3. The van der Waals surface area contributed by atoms with Crippen LogP contribution >= 0.6 is 11.6 Å². The SMILES string of the molecule is Cc1ccn2c(N)c(-c3cc(Cl)ccc3O)nc2c1. The Kier molecular flexibility index (Phi) is 2.61. The molecule has 3 N–H and O–H groups in total. The van der Waals surface area contributed by atoms with Crippen LogP contribution in [-0.4, -0.2) is 14.5 Å². The van der Waals surface area contributed by atoms with Crippen LogP contribution in [0.3, 0.4) is 0 Å². The molecule has 0 saturated carbocycles. The fourth-order valence-corrected chi connectivity index (χ4v) is 2.23. The summed E-state index contributed by atoms with van der Waals surface area (Å²) >= 11 is 5.96. The normalized spacial score (nSPS) is 11.1. The van der Waals surface area contributed by atoms with Gasteiger partial charge in [-0.15, -0.1) is 0 Å². The highest BCUT2D eigenvalue weighted by molar-refractivity contribution is 6.31. The molecule has 19 heavy (non-hydrogen) atoms. The summed E-state index contributed by atoms with van der Waals surface area (Å²) in [5, 5.41) is 10.5. The van der Waals surface area contributed by atoms with E-state index in [1.54, 1.807) is 16.5 Å². The van der Waals surface area contributed by atoms with E-state index in [2.05, 4.69) is 4.98 Å². The molecule has 4 nitrogen and oxygen atoms in total. The number of imidazole rings is 1. The zero-order valence-corrected chi connectivity index (χ0v) is 11.0. The maximum atomic E-state index is 9.93. The van der Waals surface area contributed by atoms with Crippen molar-refractivity contribution >= 4 is 23.1 Å². The molecule has 0 amide bonds. The van der Waals surface area contributed by atoms with Gasteiger partial charge in [-0.2, -0.15) is 0 Å². The van der Waals surface area contributed by atoms with Gasteiger partial charge in [0.1, 0.15) is 22.9 Å². The number of aryl methyl sites for hydroxylation is 1. The lowest BCUT2D eigenvalue weighted by Crippen LogP contribution is -1.94. The highest BCUT2D eigenvalue weighted by Gasteiger charge is 2.15. The highest BCUT2D eigenvalue weighted by Crippen LogP contribution is 2.34. The number of benzene rings is 1. The third-order valence-electron chi connectivity index (χ3n) is 3.03. The van der Waals surface area contributed by atoms with Crippen LogP contribution in [0.5, 0.6) is 5.75 Å². The number of phenolic OH excluding ortho intramolecular Hbond substituents is 1. The maximum Gasteiger partial charge on any atom is 0.139 e. The smallest absolute Gasteiger partial charge is 0.139 e. The van der Waals surface area contributed by atoms with Crippen molar-refractivity contribution in [3.05, 3.63) is 47.1 Å². The number of halogens is 1. The Labute approximate surface area is 115 Å². The number of rotatable bonds is 1. The van der Waals surface area contributed by atoms with Gasteiger partial charge in [0.05, 0.1) is 0 Å². The molecule has 0 atom stereocenters. The molecule has 2 heterocycles. The third kappa shape index (κ3) is 1.90. The number of nitrogen functional groups attached to an aromatic ring is 1. The molecule has 3 aromatic rings. The lowest BCUT2D eigenvalue weighted by molar-refractivity contribution is 0.477. The van der Waals surface area contributed by atoms with E-state index in [4.69, 9.17) is 17.3 Å². The molecule has 0 unspecified atom stereocenters. The van der Waals surface area contributed by atoms with Crippen LogP contribution in [0.4, 0.5) is 5.82 Å². The fourth-order valence-electron chi connectivity index (χ4n) is 2.06. The van der Waals surface area contributed by atoms with E-state index in [-0.39, 0.29) is 5.75 Å². The van der Waals surface area contributed by atoms with Crippen LogP contribution in [0, 0.1) is 6.92 Å². The van der Waals surface area contributed by atoms with Crippen molar-refractivity contribution in [3.63, 3.8) is 0 Å². The number of pyridine rings is 1. The van der Waals surface area contributed by atoms with Gasteiger partial charge in [-0.25, -0.2) is 4.98 Å². The molecule has 96 valence electrons. The second kappa shape index (κ2) is 4.17. The first-order chi connectivity index (χ1) is 9.06. The van der Waals surface area contributed by atoms with Crippen LogP contribution in [-0.2, 0) is 0 Å². The molecule has 0 spiro atoms. The standard InChI is InChI=1S/C14H12ClN3O/c1-8-4-5-18-12(6-8)17-13(14(18)16)10-7-9(15)2-3-11(10)19/h2-7,19H,16H2,1H3. The number of aromatic nitrogens is 2. The van der Waals surface area contributed by atoms with Crippen LogP contribution in [0.25, 0.3) is 16.9 Å². The highest BCUT2D eigenvalue weighted by atomic mass is 35.5. The van der Waals surface area contributed by atoms with Gasteiger partial charge in [-0.1, -0.05) is 11.6 Å². The predicted molar refractivity (Wildman–Crippen MR) is 76.5 cm³/mol. The number of hydrogen-bond donors (Lipinski definition) is 2. The topological polar surface area (TPSA) is 63.5 Å². The zero-order chi connectivity index (χ0) is 13.6. The van der Waals surface area contributed by atoms with E-state index in [0.717, 1.165) is 11.2 Å². The van der Waals surface area contributed by atoms with Gasteiger partial charge in [0, 0.05) is 16.8 Å². The summed E-state index contributed by atoms with van der Waals surface area (Å²) in [5.74, 6) is 0.587. The van der Waals surface area contributed by atoms with Crippen molar-refractivity contribution in [3.8, 4) is 17.0 Å². The van der Waals surface area contributed by atoms with Crippen molar-refractivity contribution in [2.75, 3.05) is 5.73 Å². The maximum absolute atomic E-state index is 9.93. The summed E-state index contributed by atoms with van der Waals surface area (Å²) in [6, 6.07) is 8.69. The Hall–Kier alpha value is -2.20. The van der Waals surface area contributed by atoms with Crippen LogP contribution in [0.1, 0.15) is 5.56 Å². The van der Waals surface area contributed by atoms with Gasteiger partial charge in [0.15, 0.2) is 0 Å². The fraction of sp³-hybridized carbons (Fsp3) is 0.0714. The minimum atomic E-state index is 0.108. The summed E-state index contributed by atoms with van der Waals surface area (Å²) in [5.41, 5.74) is 8.99. The van der Waals surface area contributed by atoms with E-state index >= 15 is 0 Å². The average molecular weight is 274 g/mol. The van der Waals surface area contributed by atoms with Crippen molar-refractivity contribution in [2.24, 2.45) is 0 Å².